The second-order valence-electron chi connectivity index (χ2n) is 5.16. The van der Waals surface area contributed by atoms with Gasteiger partial charge < -0.3 is 4.90 Å². The number of nitrogens with one attached hydrogen (secondary N) is 1. The highest BCUT2D eigenvalue weighted by Crippen LogP contribution is 2.15. The molecular weight excluding hydrogens is 314 g/mol. The van der Waals surface area contributed by atoms with E-state index in [0.717, 1.165) is 31.4 Å². The van der Waals surface area contributed by atoms with Crippen molar-refractivity contribution in [3.63, 3.8) is 0 Å². The lowest BCUT2D eigenvalue weighted by atomic mass is 10.2. The SMILES string of the molecule is O=C1CCCCCN1CCNS(=O)(=O)c1ccc(F)cc1F. The highest BCUT2D eigenvalue weighted by molar-refractivity contribution is 7.89. The zero-order valence-electron chi connectivity index (χ0n) is 12.0. The molecule has 2 rings (SSSR count). The van der Waals surface area contributed by atoms with Gasteiger partial charge in [-0.15, -0.1) is 0 Å². The molecule has 0 saturated carbocycles. The largest absolute Gasteiger partial charge is 0.341 e. The van der Waals surface area contributed by atoms with Crippen LogP contribution in [0.5, 0.6) is 0 Å². The van der Waals surface area contributed by atoms with Crippen LogP contribution in [0.15, 0.2) is 23.1 Å². The van der Waals surface area contributed by atoms with Gasteiger partial charge in [-0.3, -0.25) is 4.79 Å². The van der Waals surface area contributed by atoms with Crippen molar-refractivity contribution in [1.82, 2.24) is 9.62 Å². The first kappa shape index (κ1) is 16.8. The summed E-state index contributed by atoms with van der Waals surface area (Å²) in [5.41, 5.74) is 0. The maximum Gasteiger partial charge on any atom is 0.243 e. The number of halogens is 2. The number of amides is 1. The summed E-state index contributed by atoms with van der Waals surface area (Å²) < 4.78 is 52.5. The van der Waals surface area contributed by atoms with Gasteiger partial charge in [0.15, 0.2) is 0 Å². The minimum Gasteiger partial charge on any atom is -0.341 e. The van der Waals surface area contributed by atoms with Crippen molar-refractivity contribution in [2.24, 2.45) is 0 Å². The average Bonchev–Trinajstić information content (AvgIpc) is 2.63. The lowest BCUT2D eigenvalue weighted by Crippen LogP contribution is -2.38. The summed E-state index contributed by atoms with van der Waals surface area (Å²) in [6.07, 6.45) is 3.20. The zero-order valence-corrected chi connectivity index (χ0v) is 12.8. The summed E-state index contributed by atoms with van der Waals surface area (Å²) in [5.74, 6) is -1.98. The second kappa shape index (κ2) is 7.15. The van der Waals surface area contributed by atoms with E-state index in [-0.39, 0.29) is 19.0 Å². The van der Waals surface area contributed by atoms with Crippen LogP contribution in [0.1, 0.15) is 25.7 Å². The summed E-state index contributed by atoms with van der Waals surface area (Å²) in [4.78, 5) is 12.8. The van der Waals surface area contributed by atoms with Gasteiger partial charge in [-0.05, 0) is 25.0 Å². The first-order chi connectivity index (χ1) is 10.4. The Kier molecular flexibility index (Phi) is 5.47. The van der Waals surface area contributed by atoms with Crippen molar-refractivity contribution in [3.05, 3.63) is 29.8 Å². The van der Waals surface area contributed by atoms with E-state index in [4.69, 9.17) is 0 Å². The molecule has 0 unspecified atom stereocenters. The van der Waals surface area contributed by atoms with E-state index in [1.165, 1.54) is 0 Å². The minimum atomic E-state index is -4.06. The number of benzene rings is 1. The summed E-state index contributed by atoms with van der Waals surface area (Å²) in [5, 5.41) is 0. The second-order valence-corrected chi connectivity index (χ2v) is 6.90. The quantitative estimate of drug-likeness (QED) is 0.891. The number of sulfonamides is 1. The normalized spacial score (nSPS) is 16.6. The fourth-order valence-electron chi connectivity index (χ4n) is 2.36. The van der Waals surface area contributed by atoms with Crippen molar-refractivity contribution < 1.29 is 22.0 Å². The molecule has 1 heterocycles. The molecule has 1 aliphatic heterocycles. The Labute approximate surface area is 128 Å². The van der Waals surface area contributed by atoms with Crippen LogP contribution in [-0.4, -0.2) is 38.9 Å². The van der Waals surface area contributed by atoms with E-state index in [2.05, 4.69) is 4.72 Å². The number of carbonyl (C=O) groups excluding carboxylic acids is 1. The molecule has 0 bridgehead atoms. The third kappa shape index (κ3) is 4.23. The fraction of sp³-hybridized carbons (Fsp3) is 0.500. The van der Waals surface area contributed by atoms with E-state index in [1.807, 2.05) is 0 Å². The molecule has 22 heavy (non-hydrogen) atoms. The summed E-state index contributed by atoms with van der Waals surface area (Å²) in [7, 11) is -4.06. The van der Waals surface area contributed by atoms with Gasteiger partial charge in [-0.1, -0.05) is 6.42 Å². The molecule has 1 fully saturated rings. The van der Waals surface area contributed by atoms with Crippen LogP contribution in [0.25, 0.3) is 0 Å². The van der Waals surface area contributed by atoms with Crippen LogP contribution in [0, 0.1) is 11.6 Å². The fourth-order valence-corrected chi connectivity index (χ4v) is 3.44. The van der Waals surface area contributed by atoms with Crippen LogP contribution in [0.4, 0.5) is 8.78 Å². The van der Waals surface area contributed by atoms with Crippen LogP contribution in [0.2, 0.25) is 0 Å². The molecule has 0 atom stereocenters. The van der Waals surface area contributed by atoms with Crippen LogP contribution in [0.3, 0.4) is 0 Å². The third-order valence-electron chi connectivity index (χ3n) is 3.53. The molecule has 0 radical (unpaired) electrons. The molecule has 1 amide bonds. The van der Waals surface area contributed by atoms with Gasteiger partial charge in [0.2, 0.25) is 15.9 Å². The molecule has 0 aliphatic carbocycles. The molecular formula is C14H18F2N2O3S. The van der Waals surface area contributed by atoms with E-state index < -0.39 is 26.6 Å². The lowest BCUT2D eigenvalue weighted by molar-refractivity contribution is -0.130. The van der Waals surface area contributed by atoms with Crippen LogP contribution < -0.4 is 4.72 Å². The smallest absolute Gasteiger partial charge is 0.243 e. The number of hydrogen-bond acceptors (Lipinski definition) is 3. The summed E-state index contributed by atoms with van der Waals surface area (Å²) >= 11 is 0. The molecule has 0 spiro atoms. The van der Waals surface area contributed by atoms with Crippen molar-refractivity contribution in [2.45, 2.75) is 30.6 Å². The Morgan fingerprint density at radius 2 is 1.95 bits per heavy atom. The van der Waals surface area contributed by atoms with Gasteiger partial charge in [0.1, 0.15) is 16.5 Å². The minimum absolute atomic E-state index is 0.00432. The Balaban J connectivity index is 1.96. The first-order valence-electron chi connectivity index (χ1n) is 7.12. The number of likely N-dealkylation sites (tertiary alicyclic amines) is 1. The zero-order chi connectivity index (χ0) is 16.2. The van der Waals surface area contributed by atoms with Gasteiger partial charge in [0.05, 0.1) is 0 Å². The number of carbonyl (C=O) groups is 1. The molecule has 1 aromatic carbocycles. The topological polar surface area (TPSA) is 66.5 Å². The molecule has 1 aliphatic rings. The number of nitrogens with zero attached hydrogens (tertiary/aromatic N) is 1. The van der Waals surface area contributed by atoms with Gasteiger partial charge in [-0.2, -0.15) is 0 Å². The lowest BCUT2D eigenvalue weighted by Gasteiger charge is -2.20. The maximum absolute atomic E-state index is 13.5. The van der Waals surface area contributed by atoms with Crippen molar-refractivity contribution >= 4 is 15.9 Å². The predicted octanol–water partition coefficient (Wildman–Crippen LogP) is 1.65. The van der Waals surface area contributed by atoms with E-state index in [0.29, 0.717) is 19.0 Å². The van der Waals surface area contributed by atoms with E-state index >= 15 is 0 Å². The third-order valence-corrected chi connectivity index (χ3v) is 5.02. The Hall–Kier alpha value is -1.54. The Morgan fingerprint density at radius 3 is 2.68 bits per heavy atom. The Bertz CT molecular complexity index is 649. The monoisotopic (exact) mass is 332 g/mol. The van der Waals surface area contributed by atoms with Gasteiger partial charge in [0.25, 0.3) is 0 Å². The molecule has 1 N–H and O–H groups in total. The molecule has 0 aromatic heterocycles. The molecule has 122 valence electrons. The summed E-state index contributed by atoms with van der Waals surface area (Å²) in [6.45, 7) is 0.831. The van der Waals surface area contributed by atoms with E-state index in [9.17, 15) is 22.0 Å². The van der Waals surface area contributed by atoms with Gasteiger partial charge in [-0.25, -0.2) is 21.9 Å². The maximum atomic E-state index is 13.5. The van der Waals surface area contributed by atoms with Crippen molar-refractivity contribution in [3.8, 4) is 0 Å². The average molecular weight is 332 g/mol. The molecule has 1 saturated heterocycles. The number of rotatable bonds is 5. The van der Waals surface area contributed by atoms with Crippen molar-refractivity contribution in [2.75, 3.05) is 19.6 Å². The molecule has 1 aromatic rings. The van der Waals surface area contributed by atoms with Crippen molar-refractivity contribution in [1.29, 1.82) is 0 Å². The van der Waals surface area contributed by atoms with Gasteiger partial charge in [0, 0.05) is 32.1 Å². The molecule has 5 nitrogen and oxygen atoms in total. The predicted molar refractivity (Wildman–Crippen MR) is 76.6 cm³/mol. The van der Waals surface area contributed by atoms with Crippen LogP contribution >= 0.6 is 0 Å². The highest BCUT2D eigenvalue weighted by Gasteiger charge is 2.21. The number of hydrogen-bond donors (Lipinski definition) is 1. The highest BCUT2D eigenvalue weighted by atomic mass is 32.2. The first-order valence-corrected chi connectivity index (χ1v) is 8.61. The molecule has 8 heteroatoms. The summed E-state index contributed by atoms with van der Waals surface area (Å²) in [6, 6.07) is 2.28. The van der Waals surface area contributed by atoms with Gasteiger partial charge >= 0.3 is 0 Å². The van der Waals surface area contributed by atoms with Crippen LogP contribution in [-0.2, 0) is 14.8 Å². The Morgan fingerprint density at radius 1 is 1.18 bits per heavy atom. The standard InChI is InChI=1S/C14H18F2N2O3S/c15-11-5-6-13(12(16)10-11)22(20,21)17-7-9-18-8-3-1-2-4-14(18)19/h5-6,10,17H,1-4,7-9H2. The van der Waals surface area contributed by atoms with E-state index in [1.54, 1.807) is 4.90 Å².